The molecule has 8 heteroatoms. The van der Waals surface area contributed by atoms with Crippen molar-refractivity contribution in [3.63, 3.8) is 0 Å². The highest BCUT2D eigenvalue weighted by molar-refractivity contribution is 8.18. The van der Waals surface area contributed by atoms with E-state index in [0.717, 1.165) is 29.5 Å². The van der Waals surface area contributed by atoms with Crippen LogP contribution in [0.5, 0.6) is 11.5 Å². The number of phenols is 2. The minimum absolute atomic E-state index is 0.180. The Morgan fingerprint density at radius 1 is 1.17 bits per heavy atom. The number of carbonyl (C=O) groups excluding carboxylic acids is 3. The molecule has 0 unspecified atom stereocenters. The van der Waals surface area contributed by atoms with Gasteiger partial charge in [0.2, 0.25) is 5.91 Å². The van der Waals surface area contributed by atoms with Crippen LogP contribution in [0.1, 0.15) is 18.4 Å². The second-order valence-corrected chi connectivity index (χ2v) is 6.60. The molecule has 2 aliphatic heterocycles. The summed E-state index contributed by atoms with van der Waals surface area (Å²) in [6, 6.07) is 4.10. The van der Waals surface area contributed by atoms with Crippen LogP contribution in [-0.4, -0.2) is 56.7 Å². The van der Waals surface area contributed by atoms with Crippen LogP contribution in [0.25, 0.3) is 6.08 Å². The number of thioether (sulfide) groups is 1. The van der Waals surface area contributed by atoms with Crippen LogP contribution in [0, 0.1) is 0 Å². The number of carbonyl (C=O) groups is 3. The minimum Gasteiger partial charge on any atom is -0.504 e. The lowest BCUT2D eigenvalue weighted by Gasteiger charge is -2.18. The normalized spacial score (nSPS) is 19.6. The van der Waals surface area contributed by atoms with Crippen LogP contribution in [0.2, 0.25) is 0 Å². The number of nitrogens with zero attached hydrogens (tertiary/aromatic N) is 2. The number of rotatable bonds is 3. The van der Waals surface area contributed by atoms with Crippen molar-refractivity contribution in [1.29, 1.82) is 0 Å². The van der Waals surface area contributed by atoms with Gasteiger partial charge >= 0.3 is 0 Å². The van der Waals surface area contributed by atoms with Gasteiger partial charge in [0.05, 0.1) is 4.91 Å². The van der Waals surface area contributed by atoms with E-state index < -0.39 is 11.1 Å². The summed E-state index contributed by atoms with van der Waals surface area (Å²) < 4.78 is 0. The van der Waals surface area contributed by atoms with E-state index in [1.165, 1.54) is 24.3 Å². The molecule has 0 spiro atoms. The zero-order valence-electron chi connectivity index (χ0n) is 12.8. The van der Waals surface area contributed by atoms with E-state index >= 15 is 0 Å². The summed E-state index contributed by atoms with van der Waals surface area (Å²) in [4.78, 5) is 39.3. The number of aromatic hydroxyl groups is 2. The van der Waals surface area contributed by atoms with Gasteiger partial charge in [0.15, 0.2) is 11.5 Å². The Hall–Kier alpha value is -2.48. The SMILES string of the molecule is O=C(CN1C(=O)S/C(=C\c2ccc(O)c(O)c2)C1=O)N1CCCC1. The Bertz CT molecular complexity index is 740. The first-order valence-electron chi connectivity index (χ1n) is 7.51. The third kappa shape index (κ3) is 3.23. The molecule has 2 N–H and O–H groups in total. The third-order valence-corrected chi connectivity index (χ3v) is 4.83. The highest BCUT2D eigenvalue weighted by Gasteiger charge is 2.37. The standard InChI is InChI=1S/C16H16N2O5S/c19-11-4-3-10(7-12(11)20)8-13-15(22)18(16(23)24-13)9-14(21)17-5-1-2-6-17/h3-4,7-8,19-20H,1-2,5-6,9H2/b13-8-. The first-order chi connectivity index (χ1) is 11.5. The van der Waals surface area contributed by atoms with Crippen molar-refractivity contribution < 1.29 is 24.6 Å². The number of hydrogen-bond donors (Lipinski definition) is 2. The van der Waals surface area contributed by atoms with Gasteiger partial charge in [0.25, 0.3) is 11.1 Å². The fraction of sp³-hybridized carbons (Fsp3) is 0.312. The summed E-state index contributed by atoms with van der Waals surface area (Å²) in [7, 11) is 0. The van der Waals surface area contributed by atoms with Crippen LogP contribution < -0.4 is 0 Å². The Morgan fingerprint density at radius 2 is 1.88 bits per heavy atom. The Labute approximate surface area is 142 Å². The van der Waals surface area contributed by atoms with Crippen molar-refractivity contribution in [2.45, 2.75) is 12.8 Å². The van der Waals surface area contributed by atoms with E-state index in [4.69, 9.17) is 0 Å². The first kappa shape index (κ1) is 16.4. The number of imide groups is 1. The maximum atomic E-state index is 12.4. The van der Waals surface area contributed by atoms with Gasteiger partial charge in [-0.2, -0.15) is 0 Å². The Morgan fingerprint density at radius 3 is 2.54 bits per heavy atom. The molecule has 0 aromatic heterocycles. The summed E-state index contributed by atoms with van der Waals surface area (Å²) in [5, 5.41) is 18.3. The maximum Gasteiger partial charge on any atom is 0.294 e. The third-order valence-electron chi connectivity index (χ3n) is 3.92. The summed E-state index contributed by atoms with van der Waals surface area (Å²) in [5.41, 5.74) is 0.474. The van der Waals surface area contributed by atoms with Crippen molar-refractivity contribution >= 4 is 34.9 Å². The average molecular weight is 348 g/mol. The van der Waals surface area contributed by atoms with Gasteiger partial charge in [-0.3, -0.25) is 19.3 Å². The molecule has 0 saturated carbocycles. The molecule has 2 saturated heterocycles. The molecule has 0 aliphatic carbocycles. The monoisotopic (exact) mass is 348 g/mol. The van der Waals surface area contributed by atoms with E-state index in [-0.39, 0.29) is 28.9 Å². The molecule has 24 heavy (non-hydrogen) atoms. The van der Waals surface area contributed by atoms with Gasteiger partial charge < -0.3 is 15.1 Å². The van der Waals surface area contributed by atoms with E-state index in [9.17, 15) is 24.6 Å². The first-order valence-corrected chi connectivity index (χ1v) is 8.32. The smallest absolute Gasteiger partial charge is 0.294 e. The van der Waals surface area contributed by atoms with Crippen molar-refractivity contribution in [2.75, 3.05) is 19.6 Å². The molecular formula is C16H16N2O5S. The lowest BCUT2D eigenvalue weighted by Crippen LogP contribution is -2.40. The van der Waals surface area contributed by atoms with Crippen LogP contribution in [0.15, 0.2) is 23.1 Å². The molecule has 3 amide bonds. The van der Waals surface area contributed by atoms with Crippen LogP contribution in [-0.2, 0) is 9.59 Å². The van der Waals surface area contributed by atoms with E-state index in [1.54, 1.807) is 4.90 Å². The van der Waals surface area contributed by atoms with E-state index in [2.05, 4.69) is 0 Å². The quantitative estimate of drug-likeness (QED) is 0.638. The zero-order chi connectivity index (χ0) is 17.3. The number of phenolic OH excluding ortho intramolecular Hbond substituents is 2. The molecule has 0 radical (unpaired) electrons. The maximum absolute atomic E-state index is 12.4. The molecular weight excluding hydrogens is 332 g/mol. The molecule has 0 atom stereocenters. The zero-order valence-corrected chi connectivity index (χ0v) is 13.6. The summed E-state index contributed by atoms with van der Waals surface area (Å²) in [5.74, 6) is -1.33. The highest BCUT2D eigenvalue weighted by atomic mass is 32.2. The van der Waals surface area contributed by atoms with Gasteiger partial charge in [-0.25, -0.2) is 0 Å². The van der Waals surface area contributed by atoms with Crippen LogP contribution in [0.3, 0.4) is 0 Å². The Balaban J connectivity index is 1.74. The molecule has 2 fully saturated rings. The predicted molar refractivity (Wildman–Crippen MR) is 88.3 cm³/mol. The lowest BCUT2D eigenvalue weighted by molar-refractivity contribution is -0.135. The van der Waals surface area contributed by atoms with Gasteiger partial charge in [0.1, 0.15) is 6.54 Å². The summed E-state index contributed by atoms with van der Waals surface area (Å²) in [6.45, 7) is 1.08. The second kappa shape index (κ2) is 6.56. The largest absolute Gasteiger partial charge is 0.504 e. The highest BCUT2D eigenvalue weighted by Crippen LogP contribution is 2.33. The van der Waals surface area contributed by atoms with Crippen LogP contribution in [0.4, 0.5) is 4.79 Å². The second-order valence-electron chi connectivity index (χ2n) is 5.60. The van der Waals surface area contributed by atoms with Crippen molar-refractivity contribution in [3.8, 4) is 11.5 Å². The number of amides is 3. The molecule has 126 valence electrons. The Kier molecular flexibility index (Phi) is 4.48. The molecule has 2 heterocycles. The lowest BCUT2D eigenvalue weighted by atomic mass is 10.2. The molecule has 1 aromatic rings. The number of likely N-dealkylation sites (tertiary alicyclic amines) is 1. The van der Waals surface area contributed by atoms with Crippen molar-refractivity contribution in [1.82, 2.24) is 9.80 Å². The number of hydrogen-bond acceptors (Lipinski definition) is 6. The van der Waals surface area contributed by atoms with Crippen molar-refractivity contribution in [2.24, 2.45) is 0 Å². The van der Waals surface area contributed by atoms with Gasteiger partial charge in [-0.05, 0) is 48.4 Å². The predicted octanol–water partition coefficient (Wildman–Crippen LogP) is 1.76. The van der Waals surface area contributed by atoms with Gasteiger partial charge in [-0.1, -0.05) is 6.07 Å². The van der Waals surface area contributed by atoms with Gasteiger partial charge in [0, 0.05) is 13.1 Å². The summed E-state index contributed by atoms with van der Waals surface area (Å²) >= 11 is 0.755. The minimum atomic E-state index is -0.523. The van der Waals surface area contributed by atoms with E-state index in [0.29, 0.717) is 18.7 Å². The summed E-state index contributed by atoms with van der Waals surface area (Å²) in [6.07, 6.45) is 3.33. The van der Waals surface area contributed by atoms with E-state index in [1.807, 2.05) is 0 Å². The molecule has 2 aliphatic rings. The fourth-order valence-electron chi connectivity index (χ4n) is 2.62. The number of benzene rings is 1. The van der Waals surface area contributed by atoms with Crippen LogP contribution >= 0.6 is 11.8 Å². The topological polar surface area (TPSA) is 98.1 Å². The molecule has 3 rings (SSSR count). The molecule has 1 aromatic carbocycles. The van der Waals surface area contributed by atoms with Gasteiger partial charge in [-0.15, -0.1) is 0 Å². The molecule has 0 bridgehead atoms. The van der Waals surface area contributed by atoms with Crippen molar-refractivity contribution in [3.05, 3.63) is 28.7 Å². The fourth-order valence-corrected chi connectivity index (χ4v) is 3.46. The average Bonchev–Trinajstić information content (AvgIpc) is 3.16. The molecule has 7 nitrogen and oxygen atoms in total.